The van der Waals surface area contributed by atoms with E-state index in [1.807, 2.05) is 32.6 Å². The van der Waals surface area contributed by atoms with Crippen molar-refractivity contribution in [3.8, 4) is 0 Å². The van der Waals surface area contributed by atoms with Gasteiger partial charge in [0.05, 0.1) is 35.0 Å². The SMILES string of the molecule is Cc1nc(C)c2c(N)c(C(=O)NC3CCc4nc(N5CC(N)C(OC(C)C)C5)cc(F)c4C3)sc2n1. The fraction of sp³-hybridized carbons (Fsp3) is 0.520. The summed E-state index contributed by atoms with van der Waals surface area (Å²) in [6.45, 7) is 8.78. The molecule has 0 bridgehead atoms. The molecule has 9 nitrogen and oxygen atoms in total. The van der Waals surface area contributed by atoms with Crippen molar-refractivity contribution in [2.24, 2.45) is 5.73 Å². The van der Waals surface area contributed by atoms with E-state index in [1.54, 1.807) is 0 Å². The molecule has 3 aromatic rings. The summed E-state index contributed by atoms with van der Waals surface area (Å²) < 4.78 is 21.1. The Hall–Kier alpha value is -2.89. The molecule has 2 aliphatic rings. The van der Waals surface area contributed by atoms with Crippen LogP contribution in [0.3, 0.4) is 0 Å². The molecule has 0 saturated carbocycles. The Bertz CT molecular complexity index is 1330. The number of nitrogens with two attached hydrogens (primary N) is 2. The molecule has 4 heterocycles. The summed E-state index contributed by atoms with van der Waals surface area (Å²) in [5.74, 6) is 0.647. The second kappa shape index (κ2) is 9.53. The van der Waals surface area contributed by atoms with Crippen LogP contribution < -0.4 is 21.7 Å². The molecule has 36 heavy (non-hydrogen) atoms. The van der Waals surface area contributed by atoms with Crippen LogP contribution in [0, 0.1) is 19.7 Å². The number of nitrogens with one attached hydrogen (secondary N) is 1. The average molecular weight is 514 g/mol. The van der Waals surface area contributed by atoms with E-state index in [0.717, 1.165) is 16.8 Å². The Labute approximate surface area is 213 Å². The second-order valence-electron chi connectivity index (χ2n) is 9.97. The van der Waals surface area contributed by atoms with Gasteiger partial charge in [0, 0.05) is 36.5 Å². The molecule has 3 aromatic heterocycles. The van der Waals surface area contributed by atoms with Crippen LogP contribution in [-0.2, 0) is 17.6 Å². The van der Waals surface area contributed by atoms with Crippen molar-refractivity contribution in [3.05, 3.63) is 39.5 Å². The lowest BCUT2D eigenvalue weighted by Gasteiger charge is -2.27. The van der Waals surface area contributed by atoms with Crippen molar-refractivity contribution in [1.82, 2.24) is 20.3 Å². The fourth-order valence-electron chi connectivity index (χ4n) is 5.17. The third kappa shape index (κ3) is 4.62. The molecule has 1 aliphatic carbocycles. The maximum absolute atomic E-state index is 15.2. The highest BCUT2D eigenvalue weighted by Gasteiger charge is 2.34. The average Bonchev–Trinajstić information content (AvgIpc) is 3.33. The van der Waals surface area contributed by atoms with Crippen molar-refractivity contribution in [2.75, 3.05) is 23.7 Å². The zero-order valence-electron chi connectivity index (χ0n) is 21.0. The van der Waals surface area contributed by atoms with E-state index in [4.69, 9.17) is 21.2 Å². The summed E-state index contributed by atoms with van der Waals surface area (Å²) in [5.41, 5.74) is 15.0. The first kappa shape index (κ1) is 24.8. The number of hydrogen-bond donors (Lipinski definition) is 3. The maximum atomic E-state index is 15.2. The van der Waals surface area contributed by atoms with E-state index in [0.29, 0.717) is 65.0 Å². The van der Waals surface area contributed by atoms with Crippen LogP contribution in [-0.4, -0.2) is 58.2 Å². The highest BCUT2D eigenvalue weighted by molar-refractivity contribution is 7.21. The minimum Gasteiger partial charge on any atom is -0.397 e. The number of ether oxygens (including phenoxy) is 1. The number of nitrogens with zero attached hydrogens (tertiary/aromatic N) is 4. The number of aryl methyl sites for hydroxylation is 3. The van der Waals surface area contributed by atoms with Crippen LogP contribution in [0.15, 0.2) is 6.07 Å². The van der Waals surface area contributed by atoms with Crippen LogP contribution in [0.2, 0.25) is 0 Å². The van der Waals surface area contributed by atoms with Gasteiger partial charge in [-0.15, -0.1) is 11.3 Å². The molecule has 1 fully saturated rings. The van der Waals surface area contributed by atoms with Crippen molar-refractivity contribution < 1.29 is 13.9 Å². The summed E-state index contributed by atoms with van der Waals surface area (Å²) in [6, 6.07) is 1.11. The van der Waals surface area contributed by atoms with Crippen molar-refractivity contribution in [2.45, 2.75) is 71.2 Å². The molecule has 1 aliphatic heterocycles. The number of halogens is 1. The molecule has 0 radical (unpaired) electrons. The molecule has 3 unspecified atom stereocenters. The number of rotatable bonds is 5. The number of carbonyl (C=O) groups is 1. The van der Waals surface area contributed by atoms with Crippen LogP contribution >= 0.6 is 11.3 Å². The number of fused-ring (bicyclic) bond motifs is 2. The molecule has 5 N–H and O–H groups in total. The fourth-order valence-corrected chi connectivity index (χ4v) is 6.27. The van der Waals surface area contributed by atoms with Gasteiger partial charge in [-0.05, 0) is 47.0 Å². The Morgan fingerprint density at radius 2 is 2.06 bits per heavy atom. The molecule has 0 aromatic carbocycles. The summed E-state index contributed by atoms with van der Waals surface area (Å²) in [6.07, 6.45) is 1.58. The van der Waals surface area contributed by atoms with E-state index in [1.165, 1.54) is 17.4 Å². The minimum absolute atomic E-state index is 0.0744. The van der Waals surface area contributed by atoms with Gasteiger partial charge < -0.3 is 26.4 Å². The summed E-state index contributed by atoms with van der Waals surface area (Å²) in [7, 11) is 0. The standard InChI is InChI=1S/C25H32FN7O2S/c1-11(2)35-19-10-33(9-17(19)27)20-8-16(26)15-7-14(5-6-18(15)32-20)31-24(34)23-22(28)21-12(3)29-13(4)30-25(21)36-23/h8,11,14,17,19H,5-7,9-10,27-28H2,1-4H3,(H,31,34). The third-order valence-electron chi connectivity index (χ3n) is 6.82. The minimum atomic E-state index is -0.307. The number of anilines is 2. The molecule has 11 heteroatoms. The summed E-state index contributed by atoms with van der Waals surface area (Å²) in [5, 5.41) is 3.76. The first-order chi connectivity index (χ1) is 17.1. The Balaban J connectivity index is 1.30. The van der Waals surface area contributed by atoms with E-state index in [2.05, 4.69) is 15.3 Å². The normalized spacial score (nSPS) is 21.9. The number of hydrogen-bond acceptors (Lipinski definition) is 9. The molecular weight excluding hydrogens is 481 g/mol. The first-order valence-electron chi connectivity index (χ1n) is 12.3. The number of nitrogen functional groups attached to an aromatic ring is 1. The van der Waals surface area contributed by atoms with Crippen LogP contribution in [0.5, 0.6) is 0 Å². The molecule has 5 rings (SSSR count). The van der Waals surface area contributed by atoms with Crippen LogP contribution in [0.25, 0.3) is 10.2 Å². The molecule has 1 amide bonds. The number of thiophene rings is 1. The van der Waals surface area contributed by atoms with Crippen molar-refractivity contribution in [3.63, 3.8) is 0 Å². The van der Waals surface area contributed by atoms with Gasteiger partial charge in [0.25, 0.3) is 5.91 Å². The van der Waals surface area contributed by atoms with Gasteiger partial charge >= 0.3 is 0 Å². The highest BCUT2D eigenvalue weighted by atomic mass is 32.1. The molecule has 3 atom stereocenters. The second-order valence-corrected chi connectivity index (χ2v) is 11.0. The van der Waals surface area contributed by atoms with Gasteiger partial charge in [0.1, 0.15) is 27.2 Å². The lowest BCUT2D eigenvalue weighted by atomic mass is 9.91. The predicted octanol–water partition coefficient (Wildman–Crippen LogP) is 2.65. The van der Waals surface area contributed by atoms with E-state index in [-0.39, 0.29) is 36.0 Å². The molecule has 1 saturated heterocycles. The molecule has 192 valence electrons. The lowest BCUT2D eigenvalue weighted by Crippen LogP contribution is -2.39. The van der Waals surface area contributed by atoms with Gasteiger partial charge in [-0.25, -0.2) is 19.3 Å². The monoisotopic (exact) mass is 513 g/mol. The van der Waals surface area contributed by atoms with Crippen LogP contribution in [0.4, 0.5) is 15.9 Å². The Morgan fingerprint density at radius 3 is 2.81 bits per heavy atom. The number of amides is 1. The smallest absolute Gasteiger partial charge is 0.263 e. The van der Waals surface area contributed by atoms with Crippen molar-refractivity contribution >= 4 is 39.0 Å². The van der Waals surface area contributed by atoms with Gasteiger partial charge in [-0.2, -0.15) is 0 Å². The number of pyridine rings is 1. The molecular formula is C25H32FN7O2S. The van der Waals surface area contributed by atoms with E-state index >= 15 is 4.39 Å². The highest BCUT2D eigenvalue weighted by Crippen LogP contribution is 2.34. The Kier molecular flexibility index (Phi) is 6.56. The lowest BCUT2D eigenvalue weighted by molar-refractivity contribution is 0.0127. The number of aromatic nitrogens is 3. The zero-order chi connectivity index (χ0) is 25.7. The van der Waals surface area contributed by atoms with E-state index in [9.17, 15) is 4.79 Å². The van der Waals surface area contributed by atoms with E-state index < -0.39 is 0 Å². The molecule has 0 spiro atoms. The predicted molar refractivity (Wildman–Crippen MR) is 139 cm³/mol. The number of carbonyl (C=O) groups excluding carboxylic acids is 1. The van der Waals surface area contributed by atoms with Crippen LogP contribution in [0.1, 0.15) is 52.7 Å². The zero-order valence-corrected chi connectivity index (χ0v) is 21.8. The van der Waals surface area contributed by atoms with Gasteiger partial charge in [-0.1, -0.05) is 0 Å². The Morgan fingerprint density at radius 1 is 1.28 bits per heavy atom. The third-order valence-corrected chi connectivity index (χ3v) is 7.92. The van der Waals surface area contributed by atoms with Gasteiger partial charge in [0.2, 0.25) is 0 Å². The van der Waals surface area contributed by atoms with Crippen molar-refractivity contribution in [1.29, 1.82) is 0 Å². The maximum Gasteiger partial charge on any atom is 0.263 e. The first-order valence-corrected chi connectivity index (χ1v) is 13.1. The van der Waals surface area contributed by atoms with Gasteiger partial charge in [0.15, 0.2) is 0 Å². The summed E-state index contributed by atoms with van der Waals surface area (Å²) >= 11 is 1.26. The largest absolute Gasteiger partial charge is 0.397 e. The quantitative estimate of drug-likeness (QED) is 0.474. The topological polar surface area (TPSA) is 132 Å². The summed E-state index contributed by atoms with van der Waals surface area (Å²) in [4.78, 5) is 29.7. The van der Waals surface area contributed by atoms with Gasteiger partial charge in [-0.3, -0.25) is 4.79 Å².